The molecule has 0 aromatic heterocycles. The summed E-state index contributed by atoms with van der Waals surface area (Å²) in [4.78, 5) is 4.64. The van der Waals surface area contributed by atoms with Crippen molar-refractivity contribution in [2.75, 3.05) is 0 Å². The number of rotatable bonds is 3. The zero-order chi connectivity index (χ0) is 16.8. The van der Waals surface area contributed by atoms with Crippen molar-refractivity contribution in [3.05, 3.63) is 95.6 Å². The van der Waals surface area contributed by atoms with Crippen molar-refractivity contribution in [1.82, 2.24) is 0 Å². The van der Waals surface area contributed by atoms with Gasteiger partial charge in [-0.15, -0.1) is 0 Å². The molecule has 0 saturated carbocycles. The second-order valence-electron chi connectivity index (χ2n) is 5.36. The maximum absolute atomic E-state index is 8.89. The standard InChI is InChI=1S/C21H16N2O/c1-16-7-11-19(12-8-16)23-21(18-5-3-2-4-6-18)24-20-13-9-17(15-22)10-14-20/h2-14H,1H3. The van der Waals surface area contributed by atoms with Gasteiger partial charge in [-0.25, -0.2) is 4.99 Å². The van der Waals surface area contributed by atoms with Crippen LogP contribution in [0.25, 0.3) is 0 Å². The van der Waals surface area contributed by atoms with Crippen LogP contribution in [0.1, 0.15) is 16.7 Å². The van der Waals surface area contributed by atoms with E-state index in [1.165, 1.54) is 5.56 Å². The summed E-state index contributed by atoms with van der Waals surface area (Å²) >= 11 is 0. The van der Waals surface area contributed by atoms with Gasteiger partial charge < -0.3 is 4.74 Å². The minimum atomic E-state index is 0.518. The van der Waals surface area contributed by atoms with Gasteiger partial charge in [-0.3, -0.25) is 0 Å². The highest BCUT2D eigenvalue weighted by Crippen LogP contribution is 2.19. The Morgan fingerprint density at radius 3 is 2.17 bits per heavy atom. The average Bonchev–Trinajstić information content (AvgIpc) is 2.64. The molecule has 24 heavy (non-hydrogen) atoms. The van der Waals surface area contributed by atoms with E-state index in [9.17, 15) is 0 Å². The summed E-state index contributed by atoms with van der Waals surface area (Å²) in [6.07, 6.45) is 0. The number of hydrogen-bond acceptors (Lipinski definition) is 3. The topological polar surface area (TPSA) is 45.4 Å². The van der Waals surface area contributed by atoms with Crippen LogP contribution in [0.4, 0.5) is 5.69 Å². The van der Waals surface area contributed by atoms with Gasteiger partial charge >= 0.3 is 0 Å². The molecule has 0 unspecified atom stereocenters. The highest BCUT2D eigenvalue weighted by atomic mass is 16.5. The molecule has 0 spiro atoms. The van der Waals surface area contributed by atoms with Gasteiger partial charge in [0.15, 0.2) is 0 Å². The molecule has 0 radical (unpaired) electrons. The lowest BCUT2D eigenvalue weighted by Crippen LogP contribution is -2.10. The van der Waals surface area contributed by atoms with E-state index in [1.807, 2.05) is 61.5 Å². The normalized spacial score (nSPS) is 10.9. The Morgan fingerprint density at radius 2 is 1.54 bits per heavy atom. The van der Waals surface area contributed by atoms with Gasteiger partial charge in [-0.2, -0.15) is 5.26 Å². The van der Waals surface area contributed by atoms with Crippen molar-refractivity contribution in [1.29, 1.82) is 5.26 Å². The molecule has 0 aliphatic carbocycles. The van der Waals surface area contributed by atoms with E-state index < -0.39 is 0 Å². The van der Waals surface area contributed by atoms with Crippen LogP contribution in [0.2, 0.25) is 0 Å². The number of aliphatic imine (C=N–C) groups is 1. The molecule has 0 heterocycles. The Hall–Kier alpha value is -3.38. The molecule has 0 bridgehead atoms. The minimum Gasteiger partial charge on any atom is -0.438 e. The zero-order valence-electron chi connectivity index (χ0n) is 13.3. The van der Waals surface area contributed by atoms with Crippen LogP contribution in [-0.4, -0.2) is 5.90 Å². The van der Waals surface area contributed by atoms with Crippen molar-refractivity contribution in [2.45, 2.75) is 6.92 Å². The van der Waals surface area contributed by atoms with Crippen molar-refractivity contribution < 1.29 is 4.74 Å². The fraction of sp³-hybridized carbons (Fsp3) is 0.0476. The third kappa shape index (κ3) is 3.88. The van der Waals surface area contributed by atoms with E-state index in [0.29, 0.717) is 17.2 Å². The molecule has 3 rings (SSSR count). The van der Waals surface area contributed by atoms with Gasteiger partial charge in [0.05, 0.1) is 17.3 Å². The summed E-state index contributed by atoms with van der Waals surface area (Å²) in [6, 6.07) is 26.8. The van der Waals surface area contributed by atoms with E-state index in [1.54, 1.807) is 24.3 Å². The van der Waals surface area contributed by atoms with Crippen molar-refractivity contribution in [2.24, 2.45) is 4.99 Å². The maximum Gasteiger partial charge on any atom is 0.227 e. The molecule has 0 atom stereocenters. The number of nitrogens with zero attached hydrogens (tertiary/aromatic N) is 2. The summed E-state index contributed by atoms with van der Waals surface area (Å²) in [7, 11) is 0. The SMILES string of the molecule is Cc1ccc(N=C(Oc2ccc(C#N)cc2)c2ccccc2)cc1. The molecule has 0 aliphatic heterocycles. The van der Waals surface area contributed by atoms with Crippen LogP contribution in [0.15, 0.2) is 83.9 Å². The third-order valence-electron chi connectivity index (χ3n) is 3.48. The van der Waals surface area contributed by atoms with Crippen LogP contribution in [0.3, 0.4) is 0 Å². The molecule has 0 amide bonds. The monoisotopic (exact) mass is 312 g/mol. The Morgan fingerprint density at radius 1 is 0.875 bits per heavy atom. The second kappa shape index (κ2) is 7.26. The Bertz CT molecular complexity index is 874. The number of benzene rings is 3. The minimum absolute atomic E-state index is 0.518. The molecule has 0 N–H and O–H groups in total. The van der Waals surface area contributed by atoms with Gasteiger partial charge in [-0.05, 0) is 55.5 Å². The average molecular weight is 312 g/mol. The lowest BCUT2D eigenvalue weighted by Gasteiger charge is -2.09. The van der Waals surface area contributed by atoms with E-state index >= 15 is 0 Å². The van der Waals surface area contributed by atoms with Crippen LogP contribution in [0.5, 0.6) is 5.75 Å². The van der Waals surface area contributed by atoms with E-state index in [4.69, 9.17) is 10.00 Å². The van der Waals surface area contributed by atoms with Crippen molar-refractivity contribution in [3.8, 4) is 11.8 Å². The fourth-order valence-electron chi connectivity index (χ4n) is 2.17. The lowest BCUT2D eigenvalue weighted by atomic mass is 10.2. The van der Waals surface area contributed by atoms with E-state index in [0.717, 1.165) is 11.3 Å². The smallest absolute Gasteiger partial charge is 0.227 e. The molecule has 116 valence electrons. The molecular weight excluding hydrogens is 296 g/mol. The van der Waals surface area contributed by atoms with Crippen LogP contribution >= 0.6 is 0 Å². The Balaban J connectivity index is 1.95. The predicted molar refractivity (Wildman–Crippen MR) is 95.6 cm³/mol. The van der Waals surface area contributed by atoms with Gasteiger partial charge in [0, 0.05) is 5.56 Å². The first-order chi connectivity index (χ1) is 11.7. The van der Waals surface area contributed by atoms with Crippen LogP contribution in [-0.2, 0) is 0 Å². The first kappa shape index (κ1) is 15.5. The summed E-state index contributed by atoms with van der Waals surface area (Å²) < 4.78 is 5.97. The summed E-state index contributed by atoms with van der Waals surface area (Å²) in [6.45, 7) is 2.04. The maximum atomic E-state index is 8.89. The third-order valence-corrected chi connectivity index (χ3v) is 3.48. The quantitative estimate of drug-likeness (QED) is 0.503. The first-order valence-electron chi connectivity index (χ1n) is 7.63. The van der Waals surface area contributed by atoms with E-state index in [2.05, 4.69) is 11.1 Å². The molecule has 0 saturated heterocycles. The van der Waals surface area contributed by atoms with Crippen LogP contribution in [0, 0.1) is 18.3 Å². The highest BCUT2D eigenvalue weighted by Gasteiger charge is 2.07. The van der Waals surface area contributed by atoms with Crippen LogP contribution < -0.4 is 4.74 Å². The highest BCUT2D eigenvalue weighted by molar-refractivity contribution is 5.97. The van der Waals surface area contributed by atoms with E-state index in [-0.39, 0.29) is 0 Å². The number of aryl methyl sites for hydroxylation is 1. The van der Waals surface area contributed by atoms with Gasteiger partial charge in [-0.1, -0.05) is 35.9 Å². The zero-order valence-corrected chi connectivity index (χ0v) is 13.3. The molecule has 3 aromatic carbocycles. The molecule has 0 aliphatic rings. The largest absolute Gasteiger partial charge is 0.438 e. The predicted octanol–water partition coefficient (Wildman–Crippen LogP) is 5.02. The number of hydrogen-bond donors (Lipinski definition) is 0. The van der Waals surface area contributed by atoms with Crippen molar-refractivity contribution in [3.63, 3.8) is 0 Å². The first-order valence-corrected chi connectivity index (χ1v) is 7.63. The summed E-state index contributed by atoms with van der Waals surface area (Å²) in [5.74, 6) is 1.16. The van der Waals surface area contributed by atoms with Crippen molar-refractivity contribution >= 4 is 11.6 Å². The van der Waals surface area contributed by atoms with Gasteiger partial charge in [0.25, 0.3) is 0 Å². The number of ether oxygens (including phenoxy) is 1. The van der Waals surface area contributed by atoms with Gasteiger partial charge in [0.1, 0.15) is 5.75 Å². The molecule has 3 heteroatoms. The molecule has 3 nitrogen and oxygen atoms in total. The fourth-order valence-corrected chi connectivity index (χ4v) is 2.17. The Kier molecular flexibility index (Phi) is 4.69. The number of nitriles is 1. The van der Waals surface area contributed by atoms with Gasteiger partial charge in [0.2, 0.25) is 5.90 Å². The summed E-state index contributed by atoms with van der Waals surface area (Å²) in [5.41, 5.74) is 3.50. The second-order valence-corrected chi connectivity index (χ2v) is 5.36. The molecular formula is C21H16N2O. The summed E-state index contributed by atoms with van der Waals surface area (Å²) in [5, 5.41) is 8.89. The lowest BCUT2D eigenvalue weighted by molar-refractivity contribution is 0.553. The molecule has 3 aromatic rings. The Labute approximate surface area is 141 Å². The molecule has 0 fully saturated rings.